The van der Waals surface area contributed by atoms with Crippen LogP contribution in [0, 0.1) is 0 Å². The molecule has 7 nitrogen and oxygen atoms in total. The van der Waals surface area contributed by atoms with Crippen LogP contribution in [-0.2, 0) is 29.0 Å². The Hall–Kier alpha value is -2.64. The Balaban J connectivity index is 1.32. The van der Waals surface area contributed by atoms with E-state index in [1.807, 2.05) is 19.9 Å². The molecule has 0 aliphatic carbocycles. The molecule has 1 saturated heterocycles. The molecule has 2 atom stereocenters. The van der Waals surface area contributed by atoms with Crippen molar-refractivity contribution in [1.29, 1.82) is 0 Å². The molecule has 0 unspecified atom stereocenters. The predicted octanol–water partition coefficient (Wildman–Crippen LogP) is 2.21. The first-order valence-corrected chi connectivity index (χ1v) is 10.4. The van der Waals surface area contributed by atoms with Crippen molar-refractivity contribution in [2.45, 2.75) is 45.6 Å². The third-order valence-electron chi connectivity index (χ3n) is 5.56. The fourth-order valence-corrected chi connectivity index (χ4v) is 4.15. The van der Waals surface area contributed by atoms with Crippen molar-refractivity contribution in [1.82, 2.24) is 9.80 Å². The molecule has 1 aromatic carbocycles. The molecule has 0 bridgehead atoms. The lowest BCUT2D eigenvalue weighted by Gasteiger charge is -2.35. The predicted molar refractivity (Wildman–Crippen MR) is 111 cm³/mol. The number of nitrogens with zero attached hydrogens (tertiary/aromatic N) is 2. The Morgan fingerprint density at radius 1 is 1.17 bits per heavy atom. The lowest BCUT2D eigenvalue weighted by molar-refractivity contribution is -0.145. The third kappa shape index (κ3) is 4.91. The van der Waals surface area contributed by atoms with Crippen LogP contribution in [0.2, 0.25) is 0 Å². The van der Waals surface area contributed by atoms with Crippen LogP contribution in [0.3, 0.4) is 0 Å². The van der Waals surface area contributed by atoms with E-state index in [0.29, 0.717) is 25.4 Å². The van der Waals surface area contributed by atoms with Crippen LogP contribution in [0.15, 0.2) is 45.8 Å². The van der Waals surface area contributed by atoms with Crippen LogP contribution in [0.5, 0.6) is 5.75 Å². The molecule has 7 heteroatoms. The molecule has 0 radical (unpaired) electrons. The summed E-state index contributed by atoms with van der Waals surface area (Å²) < 4.78 is 16.7. The van der Waals surface area contributed by atoms with Gasteiger partial charge in [0.2, 0.25) is 11.2 Å². The molecule has 0 saturated carbocycles. The van der Waals surface area contributed by atoms with Crippen molar-refractivity contribution in [3.05, 3.63) is 63.7 Å². The largest absolute Gasteiger partial charge is 0.477 e. The minimum atomic E-state index is -0.273. The summed E-state index contributed by atoms with van der Waals surface area (Å²) in [7, 11) is 0. The summed E-state index contributed by atoms with van der Waals surface area (Å²) in [4.78, 5) is 28.8. The number of carbonyl (C=O) groups excluding carboxylic acids is 1. The number of amides is 1. The van der Waals surface area contributed by atoms with Gasteiger partial charge in [-0.25, -0.2) is 0 Å². The smallest absolute Gasteiger partial charge is 0.260 e. The first-order valence-electron chi connectivity index (χ1n) is 10.4. The Kier molecular flexibility index (Phi) is 6.20. The van der Waals surface area contributed by atoms with Gasteiger partial charge in [-0.15, -0.1) is 0 Å². The number of benzene rings is 1. The molecular formula is C23H28N2O5. The molecule has 0 spiro atoms. The molecule has 2 aromatic rings. The molecule has 1 fully saturated rings. The molecule has 1 aromatic heterocycles. The van der Waals surface area contributed by atoms with Gasteiger partial charge in [0, 0.05) is 32.2 Å². The molecular weight excluding hydrogens is 384 g/mol. The topological polar surface area (TPSA) is 72.2 Å². The second-order valence-corrected chi connectivity index (χ2v) is 8.15. The Bertz CT molecular complexity index is 947. The standard InChI is InChI=1S/C23H28N2O5/c1-16-10-25(11-17(2)30-16)23(27)15-29-22-14-28-20(9-21(22)26)13-24-8-7-18-5-3-4-6-19(18)12-24/h3-6,9,14,16-17H,7-8,10-13,15H2,1-2H3/t16-,17-/m1/s1. The van der Waals surface area contributed by atoms with Crippen molar-refractivity contribution in [2.24, 2.45) is 0 Å². The third-order valence-corrected chi connectivity index (χ3v) is 5.56. The molecule has 0 N–H and O–H groups in total. The van der Waals surface area contributed by atoms with E-state index in [1.54, 1.807) is 4.90 Å². The van der Waals surface area contributed by atoms with Gasteiger partial charge >= 0.3 is 0 Å². The highest BCUT2D eigenvalue weighted by atomic mass is 16.5. The van der Waals surface area contributed by atoms with E-state index >= 15 is 0 Å². The zero-order valence-corrected chi connectivity index (χ0v) is 17.5. The highest BCUT2D eigenvalue weighted by Gasteiger charge is 2.26. The molecule has 2 aliphatic heterocycles. The highest BCUT2D eigenvalue weighted by Crippen LogP contribution is 2.20. The number of ether oxygens (including phenoxy) is 2. The number of morpholine rings is 1. The molecule has 30 heavy (non-hydrogen) atoms. The summed E-state index contributed by atoms with van der Waals surface area (Å²) in [5.41, 5.74) is 2.43. The van der Waals surface area contributed by atoms with Crippen LogP contribution in [0.4, 0.5) is 0 Å². The molecule has 1 amide bonds. The van der Waals surface area contributed by atoms with Crippen LogP contribution in [-0.4, -0.2) is 54.2 Å². The van der Waals surface area contributed by atoms with E-state index in [-0.39, 0.29) is 35.9 Å². The van der Waals surface area contributed by atoms with E-state index in [2.05, 4.69) is 23.1 Å². The van der Waals surface area contributed by atoms with Crippen LogP contribution >= 0.6 is 0 Å². The highest BCUT2D eigenvalue weighted by molar-refractivity contribution is 5.78. The maximum Gasteiger partial charge on any atom is 0.260 e. The summed E-state index contributed by atoms with van der Waals surface area (Å²) in [5.74, 6) is 0.492. The minimum Gasteiger partial charge on any atom is -0.477 e. The van der Waals surface area contributed by atoms with Crippen molar-refractivity contribution in [3.8, 4) is 5.75 Å². The first kappa shape index (κ1) is 20.6. The second kappa shape index (κ2) is 9.02. The Morgan fingerprint density at radius 3 is 2.63 bits per heavy atom. The first-order chi connectivity index (χ1) is 14.5. The van der Waals surface area contributed by atoms with E-state index in [9.17, 15) is 9.59 Å². The Morgan fingerprint density at radius 2 is 1.90 bits per heavy atom. The van der Waals surface area contributed by atoms with Crippen molar-refractivity contribution < 1.29 is 18.7 Å². The fraction of sp³-hybridized carbons (Fsp3) is 0.478. The van der Waals surface area contributed by atoms with Gasteiger partial charge in [0.1, 0.15) is 12.0 Å². The number of hydrogen-bond donors (Lipinski definition) is 0. The number of rotatable bonds is 5. The second-order valence-electron chi connectivity index (χ2n) is 8.15. The molecule has 3 heterocycles. The lowest BCUT2D eigenvalue weighted by Crippen LogP contribution is -2.49. The van der Waals surface area contributed by atoms with Gasteiger partial charge in [0.25, 0.3) is 5.91 Å². The van der Waals surface area contributed by atoms with Gasteiger partial charge in [0.05, 0.1) is 18.8 Å². The van der Waals surface area contributed by atoms with Crippen LogP contribution in [0.1, 0.15) is 30.7 Å². The van der Waals surface area contributed by atoms with Crippen molar-refractivity contribution in [2.75, 3.05) is 26.2 Å². The summed E-state index contributed by atoms with van der Waals surface area (Å²) in [6.45, 7) is 7.06. The van der Waals surface area contributed by atoms with Crippen LogP contribution < -0.4 is 10.2 Å². The van der Waals surface area contributed by atoms with Gasteiger partial charge in [-0.05, 0) is 31.4 Å². The average Bonchev–Trinajstić information content (AvgIpc) is 2.72. The Labute approximate surface area is 176 Å². The summed E-state index contributed by atoms with van der Waals surface area (Å²) in [6.07, 6.45) is 2.28. The lowest BCUT2D eigenvalue weighted by atomic mass is 10.00. The van der Waals surface area contributed by atoms with E-state index < -0.39 is 0 Å². The van der Waals surface area contributed by atoms with Gasteiger partial charge < -0.3 is 18.8 Å². The van der Waals surface area contributed by atoms with E-state index in [0.717, 1.165) is 19.5 Å². The SMILES string of the molecule is C[C@@H]1CN(C(=O)COc2coc(CN3CCc4ccccc4C3)cc2=O)C[C@@H](C)O1. The van der Waals surface area contributed by atoms with Gasteiger partial charge in [0.15, 0.2) is 6.61 Å². The molecule has 4 rings (SSSR count). The van der Waals surface area contributed by atoms with Gasteiger partial charge in [-0.1, -0.05) is 24.3 Å². The molecule has 2 aliphatic rings. The van der Waals surface area contributed by atoms with Crippen LogP contribution in [0.25, 0.3) is 0 Å². The maximum atomic E-state index is 12.4. The number of carbonyl (C=O) groups is 1. The van der Waals surface area contributed by atoms with E-state index in [4.69, 9.17) is 13.9 Å². The average molecular weight is 412 g/mol. The monoisotopic (exact) mass is 412 g/mol. The summed E-state index contributed by atoms with van der Waals surface area (Å²) >= 11 is 0. The zero-order chi connectivity index (χ0) is 21.1. The number of fused-ring (bicyclic) bond motifs is 1. The van der Waals surface area contributed by atoms with Gasteiger partial charge in [-0.3, -0.25) is 14.5 Å². The summed E-state index contributed by atoms with van der Waals surface area (Å²) in [5, 5.41) is 0. The minimum absolute atomic E-state index is 0.0104. The quantitative estimate of drug-likeness (QED) is 0.750. The summed E-state index contributed by atoms with van der Waals surface area (Å²) in [6, 6.07) is 9.88. The van der Waals surface area contributed by atoms with Gasteiger partial charge in [-0.2, -0.15) is 0 Å². The van der Waals surface area contributed by atoms with E-state index in [1.165, 1.54) is 23.5 Å². The van der Waals surface area contributed by atoms with Crippen molar-refractivity contribution in [3.63, 3.8) is 0 Å². The molecule has 160 valence electrons. The van der Waals surface area contributed by atoms with Crippen molar-refractivity contribution >= 4 is 5.91 Å². The zero-order valence-electron chi connectivity index (χ0n) is 17.5. The fourth-order valence-electron chi connectivity index (χ4n) is 4.15. The normalized spacial score (nSPS) is 21.9. The maximum absolute atomic E-state index is 12.4. The number of hydrogen-bond acceptors (Lipinski definition) is 6.